The van der Waals surface area contributed by atoms with E-state index in [1.807, 2.05) is 30.3 Å². The fraction of sp³-hybridized carbons (Fsp3) is 0.312. The topological polar surface area (TPSA) is 43.1 Å². The highest BCUT2D eigenvalue weighted by Crippen LogP contribution is 2.62. The lowest BCUT2D eigenvalue weighted by Gasteiger charge is -2.50. The zero-order valence-corrected chi connectivity index (χ0v) is 20.0. The highest BCUT2D eigenvalue weighted by atomic mass is 16.6. The monoisotopic (exact) mass is 459 g/mol. The van der Waals surface area contributed by atoms with Gasteiger partial charge in [0.25, 0.3) is 5.69 Å². The second-order valence-electron chi connectivity index (χ2n) is 11.2. The van der Waals surface area contributed by atoms with Crippen LogP contribution in [0.5, 0.6) is 0 Å². The lowest BCUT2D eigenvalue weighted by molar-refractivity contribution is -0.384. The smallest absolute Gasteiger partial charge is 0.258 e. The van der Waals surface area contributed by atoms with Gasteiger partial charge < -0.3 is 0 Å². The van der Waals surface area contributed by atoms with Crippen LogP contribution in [0, 0.1) is 27.9 Å². The van der Waals surface area contributed by atoms with Gasteiger partial charge >= 0.3 is 0 Å². The number of hydrogen-bond donors (Lipinski definition) is 0. The quantitative estimate of drug-likeness (QED) is 0.223. The molecule has 4 unspecified atom stereocenters. The van der Waals surface area contributed by atoms with Gasteiger partial charge in [0.15, 0.2) is 0 Å². The summed E-state index contributed by atoms with van der Waals surface area (Å²) in [6.07, 6.45) is 6.39. The van der Waals surface area contributed by atoms with Crippen molar-refractivity contribution in [2.24, 2.45) is 17.8 Å². The number of hydrogen-bond acceptors (Lipinski definition) is 2. The molecule has 4 aromatic rings. The van der Waals surface area contributed by atoms with Crippen molar-refractivity contribution in [1.29, 1.82) is 0 Å². The lowest BCUT2D eigenvalue weighted by atomic mass is 9.53. The molecule has 3 aliphatic carbocycles. The van der Waals surface area contributed by atoms with Gasteiger partial charge in [-0.1, -0.05) is 67.6 Å². The number of rotatable bonds is 2. The van der Waals surface area contributed by atoms with E-state index < -0.39 is 0 Å². The third kappa shape index (κ3) is 2.97. The predicted molar refractivity (Wildman–Crippen MR) is 141 cm³/mol. The Morgan fingerprint density at radius 2 is 1.54 bits per heavy atom. The first-order chi connectivity index (χ1) is 17.0. The second kappa shape index (κ2) is 7.52. The Morgan fingerprint density at radius 3 is 2.37 bits per heavy atom. The van der Waals surface area contributed by atoms with Crippen LogP contribution in [0.2, 0.25) is 0 Å². The SMILES string of the molecule is CC1CC2CCC3(c4ccccc4-c4ccc(-c5cc6ccccc6cc5[N+](=O)[O-])cc43)C(C1)C2. The van der Waals surface area contributed by atoms with Crippen LogP contribution < -0.4 is 0 Å². The molecule has 4 aromatic carbocycles. The summed E-state index contributed by atoms with van der Waals surface area (Å²) in [4.78, 5) is 11.9. The van der Waals surface area contributed by atoms with E-state index in [2.05, 4.69) is 49.4 Å². The zero-order chi connectivity index (χ0) is 23.7. The molecule has 0 N–H and O–H groups in total. The van der Waals surface area contributed by atoms with Crippen molar-refractivity contribution >= 4 is 16.5 Å². The van der Waals surface area contributed by atoms with E-state index in [0.29, 0.717) is 11.5 Å². The normalized spacial score (nSPS) is 26.5. The molecule has 4 atom stereocenters. The van der Waals surface area contributed by atoms with Crippen LogP contribution in [0.15, 0.2) is 78.9 Å². The molecule has 2 saturated carbocycles. The van der Waals surface area contributed by atoms with Crippen molar-refractivity contribution in [3.8, 4) is 22.3 Å². The average molecular weight is 460 g/mol. The van der Waals surface area contributed by atoms with Crippen molar-refractivity contribution in [2.45, 2.75) is 44.4 Å². The Labute approximate surface area is 206 Å². The fourth-order valence-corrected chi connectivity index (χ4v) is 7.91. The van der Waals surface area contributed by atoms with Gasteiger partial charge in [-0.05, 0) is 101 Å². The molecule has 0 heterocycles. The summed E-state index contributed by atoms with van der Waals surface area (Å²) in [6.45, 7) is 2.43. The van der Waals surface area contributed by atoms with E-state index in [9.17, 15) is 10.1 Å². The Balaban J connectivity index is 1.46. The van der Waals surface area contributed by atoms with E-state index in [0.717, 1.165) is 28.2 Å². The van der Waals surface area contributed by atoms with Crippen molar-refractivity contribution in [2.75, 3.05) is 0 Å². The molecular weight excluding hydrogens is 430 g/mol. The van der Waals surface area contributed by atoms with Gasteiger partial charge in [0.05, 0.1) is 10.5 Å². The molecule has 7 rings (SSSR count). The van der Waals surface area contributed by atoms with Crippen LogP contribution in [0.25, 0.3) is 33.0 Å². The molecule has 35 heavy (non-hydrogen) atoms. The maximum atomic E-state index is 12.1. The molecule has 174 valence electrons. The Morgan fingerprint density at radius 1 is 0.800 bits per heavy atom. The number of nitro benzene ring substituents is 1. The van der Waals surface area contributed by atoms with Crippen molar-refractivity contribution < 1.29 is 4.92 Å². The van der Waals surface area contributed by atoms with Crippen LogP contribution in [-0.4, -0.2) is 4.92 Å². The number of fused-ring (bicyclic) bond motifs is 9. The minimum absolute atomic E-state index is 0.0265. The molecule has 0 aromatic heterocycles. The molecule has 2 fully saturated rings. The van der Waals surface area contributed by atoms with E-state index in [1.165, 1.54) is 54.4 Å². The van der Waals surface area contributed by atoms with E-state index in [-0.39, 0.29) is 16.0 Å². The third-order valence-corrected chi connectivity index (χ3v) is 9.25. The molecule has 3 aliphatic rings. The van der Waals surface area contributed by atoms with Crippen LogP contribution in [0.3, 0.4) is 0 Å². The summed E-state index contributed by atoms with van der Waals surface area (Å²) in [5.74, 6) is 2.24. The molecule has 0 radical (unpaired) electrons. The third-order valence-electron chi connectivity index (χ3n) is 9.25. The maximum Gasteiger partial charge on any atom is 0.277 e. The fourth-order valence-electron chi connectivity index (χ4n) is 7.91. The second-order valence-corrected chi connectivity index (χ2v) is 11.2. The van der Waals surface area contributed by atoms with Crippen LogP contribution in [-0.2, 0) is 5.41 Å². The largest absolute Gasteiger partial charge is 0.277 e. The molecule has 2 bridgehead atoms. The van der Waals surface area contributed by atoms with Gasteiger partial charge in [-0.25, -0.2) is 0 Å². The van der Waals surface area contributed by atoms with Gasteiger partial charge in [0.1, 0.15) is 0 Å². The summed E-state index contributed by atoms with van der Waals surface area (Å²) in [5, 5.41) is 14.1. The molecule has 3 nitrogen and oxygen atoms in total. The molecule has 0 saturated heterocycles. The molecule has 1 spiro atoms. The summed E-state index contributed by atoms with van der Waals surface area (Å²) >= 11 is 0. The van der Waals surface area contributed by atoms with Crippen molar-refractivity contribution in [3.05, 3.63) is 100 Å². The van der Waals surface area contributed by atoms with Gasteiger partial charge in [-0.2, -0.15) is 0 Å². The summed E-state index contributed by atoms with van der Waals surface area (Å²) < 4.78 is 0. The first-order valence-corrected chi connectivity index (χ1v) is 13.0. The zero-order valence-electron chi connectivity index (χ0n) is 20.0. The maximum absolute atomic E-state index is 12.1. The average Bonchev–Trinajstić information content (AvgIpc) is 3.15. The van der Waals surface area contributed by atoms with Gasteiger partial charge in [0.2, 0.25) is 0 Å². The Kier molecular flexibility index (Phi) is 4.48. The summed E-state index contributed by atoms with van der Waals surface area (Å²) in [7, 11) is 0. The van der Waals surface area contributed by atoms with Gasteiger partial charge in [-0.15, -0.1) is 0 Å². The van der Waals surface area contributed by atoms with Gasteiger partial charge in [0, 0.05) is 11.5 Å². The first-order valence-electron chi connectivity index (χ1n) is 13.0. The molecule has 3 heteroatoms. The first kappa shape index (κ1) is 20.9. The number of nitro groups is 1. The highest BCUT2D eigenvalue weighted by Gasteiger charge is 2.53. The standard InChI is InChI=1S/C32H29NO2/c1-20-14-21-12-13-32(25(15-20)16-21)29-9-5-4-8-26(29)27-11-10-24(18-30(27)32)28-17-22-6-2-3-7-23(22)19-31(28)33(34)35/h2-11,17-21,25H,12-16H2,1H3. The van der Waals surface area contributed by atoms with Crippen molar-refractivity contribution in [3.63, 3.8) is 0 Å². The lowest BCUT2D eigenvalue weighted by Crippen LogP contribution is -2.44. The van der Waals surface area contributed by atoms with Crippen LogP contribution in [0.1, 0.15) is 50.2 Å². The van der Waals surface area contributed by atoms with Crippen LogP contribution >= 0.6 is 0 Å². The van der Waals surface area contributed by atoms with Crippen molar-refractivity contribution in [1.82, 2.24) is 0 Å². The molecular formula is C32H29NO2. The number of nitrogens with zero attached hydrogens (tertiary/aromatic N) is 1. The van der Waals surface area contributed by atoms with Gasteiger partial charge in [-0.3, -0.25) is 10.1 Å². The Hall–Kier alpha value is -3.46. The highest BCUT2D eigenvalue weighted by molar-refractivity contribution is 5.93. The minimum atomic E-state index is -0.229. The summed E-state index contributed by atoms with van der Waals surface area (Å²) in [5.41, 5.74) is 7.45. The Bertz CT molecular complexity index is 1500. The molecule has 0 amide bonds. The van der Waals surface area contributed by atoms with E-state index in [1.54, 1.807) is 6.07 Å². The molecule has 0 aliphatic heterocycles. The van der Waals surface area contributed by atoms with E-state index in [4.69, 9.17) is 0 Å². The number of benzene rings is 4. The summed E-state index contributed by atoms with van der Waals surface area (Å²) in [6, 6.07) is 27.3. The minimum Gasteiger partial charge on any atom is -0.258 e. The predicted octanol–water partition coefficient (Wildman–Crippen LogP) is 8.53. The van der Waals surface area contributed by atoms with E-state index >= 15 is 0 Å². The van der Waals surface area contributed by atoms with Crippen LogP contribution in [0.4, 0.5) is 5.69 Å².